The van der Waals surface area contributed by atoms with Crippen LogP contribution in [0, 0.1) is 0 Å². The topological polar surface area (TPSA) is 45.4 Å². The first kappa shape index (κ1) is 12.9. The highest BCUT2D eigenvalue weighted by Gasteiger charge is 2.17. The summed E-state index contributed by atoms with van der Waals surface area (Å²) < 4.78 is 0. The second-order valence-electron chi connectivity index (χ2n) is 5.22. The zero-order valence-electron chi connectivity index (χ0n) is 11.6. The number of nitrogens with zero attached hydrogens (tertiary/aromatic N) is 3. The van der Waals surface area contributed by atoms with Crippen molar-refractivity contribution in [2.75, 3.05) is 36.8 Å². The third kappa shape index (κ3) is 3.08. The first-order valence-electron chi connectivity index (χ1n) is 7.03. The molecule has 0 aliphatic carbocycles. The second-order valence-corrected chi connectivity index (χ2v) is 5.22. The minimum Gasteiger partial charge on any atom is -0.399 e. The van der Waals surface area contributed by atoms with Crippen LogP contribution >= 0.6 is 0 Å². The van der Waals surface area contributed by atoms with E-state index in [0.717, 1.165) is 38.4 Å². The molecule has 2 heterocycles. The van der Waals surface area contributed by atoms with Crippen LogP contribution in [-0.2, 0) is 6.54 Å². The van der Waals surface area contributed by atoms with E-state index in [1.165, 1.54) is 11.3 Å². The molecular weight excluding hydrogens is 248 g/mol. The van der Waals surface area contributed by atoms with Crippen LogP contribution in [0.2, 0.25) is 0 Å². The van der Waals surface area contributed by atoms with Gasteiger partial charge in [0.25, 0.3) is 0 Å². The maximum atomic E-state index is 5.73. The fourth-order valence-corrected chi connectivity index (χ4v) is 2.60. The summed E-state index contributed by atoms with van der Waals surface area (Å²) in [5, 5.41) is 0. The number of nitrogen functional groups attached to an aromatic ring is 1. The first-order valence-corrected chi connectivity index (χ1v) is 7.03. The maximum Gasteiger partial charge on any atom is 0.0368 e. The number of anilines is 2. The highest BCUT2D eigenvalue weighted by Crippen LogP contribution is 2.18. The van der Waals surface area contributed by atoms with E-state index < -0.39 is 0 Å². The standard InChI is InChI=1S/C16H20N4/c17-15-3-5-16(6-4-15)20-10-8-19(9-11-20)13-14-2-1-7-18-12-14/h1-7,12H,8-11,13,17H2. The normalized spacial score (nSPS) is 16.3. The van der Waals surface area contributed by atoms with Gasteiger partial charge < -0.3 is 10.6 Å². The van der Waals surface area contributed by atoms with Gasteiger partial charge in [0, 0.05) is 56.5 Å². The fourth-order valence-electron chi connectivity index (χ4n) is 2.60. The fraction of sp³-hybridized carbons (Fsp3) is 0.312. The Labute approximate surface area is 119 Å². The van der Waals surface area contributed by atoms with E-state index in [-0.39, 0.29) is 0 Å². The molecule has 1 aromatic carbocycles. The first-order chi connectivity index (χ1) is 9.81. The van der Waals surface area contributed by atoms with Crippen molar-refractivity contribution >= 4 is 11.4 Å². The Bertz CT molecular complexity index is 530. The summed E-state index contributed by atoms with van der Waals surface area (Å²) in [6, 6.07) is 12.3. The lowest BCUT2D eigenvalue weighted by Gasteiger charge is -2.36. The molecule has 1 fully saturated rings. The quantitative estimate of drug-likeness (QED) is 0.865. The van der Waals surface area contributed by atoms with Crippen molar-refractivity contribution in [3.05, 3.63) is 54.4 Å². The molecule has 0 saturated carbocycles. The van der Waals surface area contributed by atoms with Crippen molar-refractivity contribution in [3.63, 3.8) is 0 Å². The molecule has 4 nitrogen and oxygen atoms in total. The number of piperazine rings is 1. The van der Waals surface area contributed by atoms with Crippen LogP contribution in [0.4, 0.5) is 11.4 Å². The molecule has 20 heavy (non-hydrogen) atoms. The highest BCUT2D eigenvalue weighted by molar-refractivity contribution is 5.53. The van der Waals surface area contributed by atoms with Crippen LogP contribution in [0.25, 0.3) is 0 Å². The third-order valence-electron chi connectivity index (χ3n) is 3.76. The van der Waals surface area contributed by atoms with Gasteiger partial charge in [0.05, 0.1) is 0 Å². The van der Waals surface area contributed by atoms with Crippen LogP contribution in [0.15, 0.2) is 48.8 Å². The minimum atomic E-state index is 0.823. The molecule has 4 heteroatoms. The predicted molar refractivity (Wildman–Crippen MR) is 82.6 cm³/mol. The Kier molecular flexibility index (Phi) is 3.83. The molecular formula is C16H20N4. The van der Waals surface area contributed by atoms with Gasteiger partial charge >= 0.3 is 0 Å². The van der Waals surface area contributed by atoms with Crippen molar-refractivity contribution in [3.8, 4) is 0 Å². The molecule has 1 aliphatic rings. The third-order valence-corrected chi connectivity index (χ3v) is 3.76. The van der Waals surface area contributed by atoms with Gasteiger partial charge in [-0.05, 0) is 35.9 Å². The highest BCUT2D eigenvalue weighted by atomic mass is 15.3. The van der Waals surface area contributed by atoms with Gasteiger partial charge in [0.15, 0.2) is 0 Å². The monoisotopic (exact) mass is 268 g/mol. The Morgan fingerprint density at radius 3 is 2.40 bits per heavy atom. The molecule has 2 N–H and O–H groups in total. The number of pyridine rings is 1. The summed E-state index contributed by atoms with van der Waals surface area (Å²) >= 11 is 0. The summed E-state index contributed by atoms with van der Waals surface area (Å²) in [5.74, 6) is 0. The summed E-state index contributed by atoms with van der Waals surface area (Å²) in [7, 11) is 0. The Hall–Kier alpha value is -2.07. The molecule has 0 unspecified atom stereocenters. The molecule has 1 saturated heterocycles. The number of hydrogen-bond acceptors (Lipinski definition) is 4. The number of benzene rings is 1. The van der Waals surface area contributed by atoms with Crippen LogP contribution in [0.3, 0.4) is 0 Å². The van der Waals surface area contributed by atoms with E-state index in [0.29, 0.717) is 0 Å². The molecule has 0 amide bonds. The van der Waals surface area contributed by atoms with Crippen molar-refractivity contribution in [2.45, 2.75) is 6.54 Å². The summed E-state index contributed by atoms with van der Waals surface area (Å²) in [4.78, 5) is 9.06. The SMILES string of the molecule is Nc1ccc(N2CCN(Cc3cccnc3)CC2)cc1. The number of rotatable bonds is 3. The predicted octanol–water partition coefficient (Wildman–Crippen LogP) is 1.99. The minimum absolute atomic E-state index is 0.823. The van der Waals surface area contributed by atoms with E-state index in [9.17, 15) is 0 Å². The van der Waals surface area contributed by atoms with Gasteiger partial charge in [0.1, 0.15) is 0 Å². The zero-order chi connectivity index (χ0) is 13.8. The van der Waals surface area contributed by atoms with Crippen molar-refractivity contribution in [2.24, 2.45) is 0 Å². The van der Waals surface area contributed by atoms with Gasteiger partial charge in [-0.15, -0.1) is 0 Å². The van der Waals surface area contributed by atoms with E-state index in [2.05, 4.69) is 33.0 Å². The molecule has 0 radical (unpaired) electrons. The van der Waals surface area contributed by atoms with Crippen molar-refractivity contribution in [1.29, 1.82) is 0 Å². The molecule has 1 aromatic heterocycles. The van der Waals surface area contributed by atoms with Crippen molar-refractivity contribution < 1.29 is 0 Å². The lowest BCUT2D eigenvalue weighted by molar-refractivity contribution is 0.249. The van der Waals surface area contributed by atoms with Gasteiger partial charge in [0.2, 0.25) is 0 Å². The summed E-state index contributed by atoms with van der Waals surface area (Å²) in [6.45, 7) is 5.27. The maximum absolute atomic E-state index is 5.73. The van der Waals surface area contributed by atoms with Gasteiger partial charge in [-0.3, -0.25) is 9.88 Å². The van der Waals surface area contributed by atoms with Crippen LogP contribution in [0.5, 0.6) is 0 Å². The Morgan fingerprint density at radius 1 is 1.00 bits per heavy atom. The zero-order valence-corrected chi connectivity index (χ0v) is 11.6. The summed E-state index contributed by atoms with van der Waals surface area (Å²) in [5.41, 5.74) is 9.10. The van der Waals surface area contributed by atoms with Crippen molar-refractivity contribution in [1.82, 2.24) is 9.88 Å². The van der Waals surface area contributed by atoms with Gasteiger partial charge in [-0.25, -0.2) is 0 Å². The van der Waals surface area contributed by atoms with Crippen LogP contribution in [-0.4, -0.2) is 36.1 Å². The number of aromatic nitrogens is 1. The molecule has 0 bridgehead atoms. The molecule has 3 rings (SSSR count). The molecule has 2 aromatic rings. The lowest BCUT2D eigenvalue weighted by Crippen LogP contribution is -2.45. The number of hydrogen-bond donors (Lipinski definition) is 1. The van der Waals surface area contributed by atoms with E-state index in [1.54, 1.807) is 0 Å². The van der Waals surface area contributed by atoms with E-state index >= 15 is 0 Å². The number of nitrogens with two attached hydrogens (primary N) is 1. The summed E-state index contributed by atoms with van der Waals surface area (Å²) in [6.07, 6.45) is 3.77. The van der Waals surface area contributed by atoms with Gasteiger partial charge in [-0.2, -0.15) is 0 Å². The van der Waals surface area contributed by atoms with E-state index in [4.69, 9.17) is 5.73 Å². The Balaban J connectivity index is 1.55. The average molecular weight is 268 g/mol. The second kappa shape index (κ2) is 5.92. The van der Waals surface area contributed by atoms with Crippen LogP contribution < -0.4 is 10.6 Å². The Morgan fingerprint density at radius 2 is 1.75 bits per heavy atom. The van der Waals surface area contributed by atoms with Crippen LogP contribution in [0.1, 0.15) is 5.56 Å². The lowest BCUT2D eigenvalue weighted by atomic mass is 10.2. The molecule has 104 valence electrons. The molecule has 1 aliphatic heterocycles. The molecule has 0 spiro atoms. The van der Waals surface area contributed by atoms with Gasteiger partial charge in [-0.1, -0.05) is 6.07 Å². The van der Waals surface area contributed by atoms with E-state index in [1.807, 2.05) is 30.6 Å². The average Bonchev–Trinajstić information content (AvgIpc) is 2.50. The smallest absolute Gasteiger partial charge is 0.0368 e. The molecule has 0 atom stereocenters. The largest absolute Gasteiger partial charge is 0.399 e.